The first-order valence-electron chi connectivity index (χ1n) is 7.08. The normalized spacial score (nSPS) is 15.9. The molecule has 0 unspecified atom stereocenters. The van der Waals surface area contributed by atoms with Crippen molar-refractivity contribution in [3.05, 3.63) is 58.1 Å². The van der Waals surface area contributed by atoms with Crippen molar-refractivity contribution in [1.29, 1.82) is 0 Å². The number of hydrogen-bond acceptors (Lipinski definition) is 3. The Labute approximate surface area is 133 Å². The van der Waals surface area contributed by atoms with Crippen LogP contribution < -0.4 is 9.64 Å². The van der Waals surface area contributed by atoms with E-state index < -0.39 is 6.10 Å². The Hall–Kier alpha value is -1.52. The smallest absolute Gasteiger partial charge is 0.124 e. The van der Waals surface area contributed by atoms with Gasteiger partial charge in [-0.2, -0.15) is 0 Å². The van der Waals surface area contributed by atoms with Crippen molar-refractivity contribution in [3.63, 3.8) is 0 Å². The molecule has 0 spiro atoms. The Morgan fingerprint density at radius 3 is 2.81 bits per heavy atom. The minimum Gasteiger partial charge on any atom is -0.491 e. The highest BCUT2D eigenvalue weighted by molar-refractivity contribution is 9.10. The van der Waals surface area contributed by atoms with Gasteiger partial charge in [0.1, 0.15) is 12.4 Å². The Morgan fingerprint density at radius 1 is 1.24 bits per heavy atom. The number of para-hydroxylation sites is 1. The molecular formula is C17H18BrNO2. The van der Waals surface area contributed by atoms with Gasteiger partial charge in [-0.05, 0) is 30.7 Å². The van der Waals surface area contributed by atoms with Crippen LogP contribution in [0.3, 0.4) is 0 Å². The first kappa shape index (κ1) is 14.4. The molecule has 3 rings (SSSR count). The number of fused-ring (bicyclic) bond motifs is 1. The maximum Gasteiger partial charge on any atom is 0.124 e. The summed E-state index contributed by atoms with van der Waals surface area (Å²) in [6.45, 7) is 4.12. The average molecular weight is 348 g/mol. The predicted octanol–water partition coefficient (Wildman–Crippen LogP) is 3.90. The maximum atomic E-state index is 9.72. The van der Waals surface area contributed by atoms with Crippen LogP contribution in [0.4, 0.5) is 5.69 Å². The molecule has 0 saturated carbocycles. The minimum atomic E-state index is -0.471. The van der Waals surface area contributed by atoms with Gasteiger partial charge >= 0.3 is 0 Å². The molecule has 1 heterocycles. The molecule has 0 radical (unpaired) electrons. The van der Waals surface area contributed by atoms with Crippen LogP contribution in [-0.2, 0) is 6.54 Å². The van der Waals surface area contributed by atoms with Gasteiger partial charge < -0.3 is 14.7 Å². The highest BCUT2D eigenvalue weighted by Gasteiger charge is 2.16. The molecule has 1 atom stereocenters. The maximum absolute atomic E-state index is 9.72. The predicted molar refractivity (Wildman–Crippen MR) is 87.8 cm³/mol. The summed E-state index contributed by atoms with van der Waals surface area (Å²) in [6, 6.07) is 14.3. The molecule has 0 aromatic heterocycles. The van der Waals surface area contributed by atoms with Gasteiger partial charge in [0.25, 0.3) is 0 Å². The Balaban J connectivity index is 1.89. The van der Waals surface area contributed by atoms with E-state index in [-0.39, 0.29) is 0 Å². The molecule has 0 aliphatic carbocycles. The fourth-order valence-corrected chi connectivity index (χ4v) is 3.30. The van der Waals surface area contributed by atoms with Crippen molar-refractivity contribution in [1.82, 2.24) is 0 Å². The molecule has 4 heteroatoms. The van der Waals surface area contributed by atoms with E-state index in [1.165, 1.54) is 5.56 Å². The fraction of sp³-hybridized carbons (Fsp3) is 0.294. The lowest BCUT2D eigenvalue weighted by molar-refractivity contribution is 0.198. The second-order valence-corrected chi connectivity index (χ2v) is 6.11. The lowest BCUT2D eigenvalue weighted by Crippen LogP contribution is -2.25. The van der Waals surface area contributed by atoms with Crippen LogP contribution in [0.1, 0.15) is 24.2 Å². The molecule has 1 aliphatic heterocycles. The largest absolute Gasteiger partial charge is 0.491 e. The van der Waals surface area contributed by atoms with Crippen molar-refractivity contribution in [2.45, 2.75) is 19.6 Å². The SMILES string of the molecule is C[C@H](O)c1ccc(N2CCOc3ccccc3C2)cc1Br. The lowest BCUT2D eigenvalue weighted by atomic mass is 10.1. The highest BCUT2D eigenvalue weighted by atomic mass is 79.9. The van der Waals surface area contributed by atoms with E-state index in [0.717, 1.165) is 34.6 Å². The van der Waals surface area contributed by atoms with Crippen LogP contribution in [-0.4, -0.2) is 18.3 Å². The van der Waals surface area contributed by atoms with Gasteiger partial charge in [-0.15, -0.1) is 0 Å². The summed E-state index contributed by atoms with van der Waals surface area (Å²) in [4.78, 5) is 2.29. The monoisotopic (exact) mass is 347 g/mol. The van der Waals surface area contributed by atoms with Crippen LogP contribution in [0, 0.1) is 0 Å². The topological polar surface area (TPSA) is 32.7 Å². The first-order valence-corrected chi connectivity index (χ1v) is 7.87. The van der Waals surface area contributed by atoms with E-state index in [4.69, 9.17) is 4.74 Å². The second kappa shape index (κ2) is 6.08. The number of aliphatic hydroxyl groups is 1. The van der Waals surface area contributed by atoms with E-state index in [1.807, 2.05) is 24.3 Å². The number of benzene rings is 2. The molecule has 3 nitrogen and oxygen atoms in total. The lowest BCUT2D eigenvalue weighted by Gasteiger charge is -2.23. The second-order valence-electron chi connectivity index (χ2n) is 5.26. The number of hydrogen-bond donors (Lipinski definition) is 1. The third-order valence-electron chi connectivity index (χ3n) is 3.75. The molecule has 2 aromatic carbocycles. The number of halogens is 1. The molecule has 0 fully saturated rings. The summed E-state index contributed by atoms with van der Waals surface area (Å²) in [5.74, 6) is 0.972. The third kappa shape index (κ3) is 3.06. The third-order valence-corrected chi connectivity index (χ3v) is 4.44. The van der Waals surface area contributed by atoms with Crippen molar-refractivity contribution < 1.29 is 9.84 Å². The van der Waals surface area contributed by atoms with E-state index in [0.29, 0.717) is 6.61 Å². The Bertz CT molecular complexity index is 642. The van der Waals surface area contributed by atoms with Gasteiger partial charge in [-0.3, -0.25) is 0 Å². The number of aliphatic hydroxyl groups excluding tert-OH is 1. The van der Waals surface area contributed by atoms with Gasteiger partial charge in [0.15, 0.2) is 0 Å². The summed E-state index contributed by atoms with van der Waals surface area (Å²) < 4.78 is 6.74. The summed E-state index contributed by atoms with van der Waals surface area (Å²) >= 11 is 3.55. The van der Waals surface area contributed by atoms with Crippen LogP contribution in [0.2, 0.25) is 0 Å². The van der Waals surface area contributed by atoms with E-state index >= 15 is 0 Å². The van der Waals surface area contributed by atoms with E-state index in [9.17, 15) is 5.11 Å². The van der Waals surface area contributed by atoms with Crippen LogP contribution in [0.25, 0.3) is 0 Å². The van der Waals surface area contributed by atoms with E-state index in [1.54, 1.807) is 6.92 Å². The van der Waals surface area contributed by atoms with Crippen LogP contribution >= 0.6 is 15.9 Å². The first-order chi connectivity index (χ1) is 10.1. The van der Waals surface area contributed by atoms with Crippen LogP contribution in [0.15, 0.2) is 46.9 Å². The van der Waals surface area contributed by atoms with Gasteiger partial charge in [0, 0.05) is 22.3 Å². The number of nitrogens with zero attached hydrogens (tertiary/aromatic N) is 1. The van der Waals surface area contributed by atoms with Crippen LogP contribution in [0.5, 0.6) is 5.75 Å². The zero-order valence-electron chi connectivity index (χ0n) is 11.9. The van der Waals surface area contributed by atoms with Gasteiger partial charge in [0.05, 0.1) is 12.6 Å². The summed E-state index contributed by atoms with van der Waals surface area (Å²) in [7, 11) is 0. The van der Waals surface area contributed by atoms with Crippen molar-refractivity contribution in [2.24, 2.45) is 0 Å². The standard InChI is InChI=1S/C17H18BrNO2/c1-12(20)15-7-6-14(10-16(15)18)19-8-9-21-17-5-3-2-4-13(17)11-19/h2-7,10,12,20H,8-9,11H2,1H3/t12-/m0/s1. The van der Waals surface area contributed by atoms with Crippen molar-refractivity contribution in [3.8, 4) is 5.75 Å². The number of ether oxygens (including phenoxy) is 1. The molecule has 21 heavy (non-hydrogen) atoms. The van der Waals surface area contributed by atoms with Gasteiger partial charge in [0.2, 0.25) is 0 Å². The molecule has 0 bridgehead atoms. The molecular weight excluding hydrogens is 330 g/mol. The average Bonchev–Trinajstić information content (AvgIpc) is 2.68. The molecule has 1 aliphatic rings. The highest BCUT2D eigenvalue weighted by Crippen LogP contribution is 2.31. The van der Waals surface area contributed by atoms with E-state index in [2.05, 4.69) is 39.0 Å². The molecule has 1 N–H and O–H groups in total. The number of anilines is 1. The minimum absolute atomic E-state index is 0.471. The van der Waals surface area contributed by atoms with Gasteiger partial charge in [-0.1, -0.05) is 40.2 Å². The Morgan fingerprint density at radius 2 is 2.05 bits per heavy atom. The molecule has 0 amide bonds. The Kier molecular flexibility index (Phi) is 4.17. The fourth-order valence-electron chi connectivity index (χ4n) is 2.60. The summed E-state index contributed by atoms with van der Waals surface area (Å²) in [5.41, 5.74) is 3.24. The zero-order chi connectivity index (χ0) is 14.8. The summed E-state index contributed by atoms with van der Waals surface area (Å²) in [6.07, 6.45) is -0.471. The molecule has 2 aromatic rings. The molecule has 110 valence electrons. The summed E-state index contributed by atoms with van der Waals surface area (Å²) in [5, 5.41) is 9.72. The van der Waals surface area contributed by atoms with Gasteiger partial charge in [-0.25, -0.2) is 0 Å². The number of rotatable bonds is 2. The van der Waals surface area contributed by atoms with Crippen molar-refractivity contribution in [2.75, 3.05) is 18.1 Å². The molecule has 0 saturated heterocycles. The zero-order valence-corrected chi connectivity index (χ0v) is 13.5. The quantitative estimate of drug-likeness (QED) is 0.894. The van der Waals surface area contributed by atoms with Crippen molar-refractivity contribution >= 4 is 21.6 Å².